The first-order chi connectivity index (χ1) is 20.8. The van der Waals surface area contributed by atoms with Gasteiger partial charge in [0.15, 0.2) is 5.75 Å². The molecule has 1 heterocycles. The van der Waals surface area contributed by atoms with Gasteiger partial charge in [0.1, 0.15) is 21.2 Å². The van der Waals surface area contributed by atoms with E-state index in [2.05, 4.69) is 35.8 Å². The van der Waals surface area contributed by atoms with E-state index in [4.69, 9.17) is 10.5 Å². The summed E-state index contributed by atoms with van der Waals surface area (Å²) in [6.45, 7) is 0. The minimum atomic E-state index is -4.95. The zero-order valence-corrected chi connectivity index (χ0v) is 24.1. The minimum absolute atomic E-state index is 0.0590. The second-order valence-corrected chi connectivity index (χ2v) is 11.7. The molecule has 44 heavy (non-hydrogen) atoms. The van der Waals surface area contributed by atoms with E-state index in [0.717, 1.165) is 12.1 Å². The van der Waals surface area contributed by atoms with Gasteiger partial charge in [-0.25, -0.2) is 0 Å². The van der Waals surface area contributed by atoms with Crippen molar-refractivity contribution in [1.29, 1.82) is 0 Å². The topological polar surface area (TPSA) is 252 Å². The number of ether oxygens (including phenoxy) is 1. The molecule has 0 atom stereocenters. The van der Waals surface area contributed by atoms with Crippen molar-refractivity contribution in [2.75, 3.05) is 23.5 Å². The van der Waals surface area contributed by atoms with E-state index in [0.29, 0.717) is 11.4 Å². The molecular formula is C26H22N8O8S2. The lowest BCUT2D eigenvalue weighted by Crippen LogP contribution is -2.07. The Morgan fingerprint density at radius 2 is 1.43 bits per heavy atom. The number of hydrogen-bond donors (Lipinski definition) is 6. The SMILES string of the molecule is COc1ccc(N=Nc2c(S(=O)(=O)O)cc3cc(Nc4nc(N)nc(Nc5ccccc5)n4)ccc3c2O)cc1S(=O)(=O)O. The number of azo groups is 1. The highest BCUT2D eigenvalue weighted by atomic mass is 32.2. The van der Waals surface area contributed by atoms with Gasteiger partial charge in [-0.15, -0.1) is 5.11 Å². The largest absolute Gasteiger partial charge is 0.505 e. The van der Waals surface area contributed by atoms with Gasteiger partial charge in [-0.05, 0) is 60.0 Å². The van der Waals surface area contributed by atoms with Crippen LogP contribution in [-0.2, 0) is 20.2 Å². The number of anilines is 5. The molecule has 226 valence electrons. The Morgan fingerprint density at radius 1 is 0.773 bits per heavy atom. The lowest BCUT2D eigenvalue weighted by molar-refractivity contribution is 0.397. The Labute approximate surface area is 249 Å². The van der Waals surface area contributed by atoms with Crippen LogP contribution >= 0.6 is 0 Å². The molecule has 0 saturated heterocycles. The number of nitrogen functional groups attached to an aromatic ring is 1. The van der Waals surface area contributed by atoms with Crippen LogP contribution in [0.25, 0.3) is 10.8 Å². The third kappa shape index (κ3) is 6.63. The van der Waals surface area contributed by atoms with Crippen molar-refractivity contribution >= 4 is 71.6 Å². The molecule has 0 saturated carbocycles. The molecule has 0 bridgehead atoms. The van der Waals surface area contributed by atoms with Gasteiger partial charge < -0.3 is 26.2 Å². The van der Waals surface area contributed by atoms with Crippen molar-refractivity contribution in [3.63, 3.8) is 0 Å². The Bertz CT molecular complexity index is 2150. The molecule has 18 heteroatoms. The summed E-state index contributed by atoms with van der Waals surface area (Å²) < 4.78 is 72.3. The molecule has 5 aromatic rings. The number of aromatic hydroxyl groups is 1. The van der Waals surface area contributed by atoms with Gasteiger partial charge >= 0.3 is 0 Å². The third-order valence-electron chi connectivity index (χ3n) is 5.96. The maximum Gasteiger partial charge on any atom is 0.298 e. The van der Waals surface area contributed by atoms with Gasteiger partial charge in [-0.1, -0.05) is 18.2 Å². The highest BCUT2D eigenvalue weighted by molar-refractivity contribution is 7.86. The van der Waals surface area contributed by atoms with E-state index in [1.807, 2.05) is 18.2 Å². The maximum atomic E-state index is 12.3. The summed E-state index contributed by atoms with van der Waals surface area (Å²) >= 11 is 0. The van der Waals surface area contributed by atoms with Crippen LogP contribution in [0.3, 0.4) is 0 Å². The number of nitrogens with two attached hydrogens (primary N) is 1. The van der Waals surface area contributed by atoms with E-state index in [-0.39, 0.29) is 40.1 Å². The van der Waals surface area contributed by atoms with Crippen LogP contribution < -0.4 is 21.1 Å². The third-order valence-corrected chi connectivity index (χ3v) is 7.70. The number of benzene rings is 4. The fourth-order valence-corrected chi connectivity index (χ4v) is 5.38. The summed E-state index contributed by atoms with van der Waals surface area (Å²) in [6, 6.07) is 18.0. The summed E-state index contributed by atoms with van der Waals surface area (Å²) in [5.74, 6) is -0.680. The van der Waals surface area contributed by atoms with Gasteiger partial charge in [-0.2, -0.15) is 36.9 Å². The molecule has 0 aliphatic heterocycles. The minimum Gasteiger partial charge on any atom is -0.505 e. The van der Waals surface area contributed by atoms with Crippen molar-refractivity contribution in [3.05, 3.63) is 72.8 Å². The molecule has 4 aromatic carbocycles. The van der Waals surface area contributed by atoms with Crippen LogP contribution in [0.4, 0.5) is 40.6 Å². The number of nitrogens with one attached hydrogen (secondary N) is 2. The first-order valence-electron chi connectivity index (χ1n) is 12.3. The molecule has 0 radical (unpaired) electrons. The summed E-state index contributed by atoms with van der Waals surface area (Å²) in [5, 5.41) is 24.8. The number of para-hydroxylation sites is 1. The fourth-order valence-electron chi connectivity index (χ4n) is 4.04. The summed E-state index contributed by atoms with van der Waals surface area (Å²) in [7, 11) is -8.47. The Morgan fingerprint density at radius 3 is 2.07 bits per heavy atom. The van der Waals surface area contributed by atoms with E-state index >= 15 is 0 Å². The molecule has 0 aliphatic rings. The van der Waals surface area contributed by atoms with Gasteiger partial charge in [0, 0.05) is 16.8 Å². The lowest BCUT2D eigenvalue weighted by atomic mass is 10.1. The number of aromatic nitrogens is 3. The predicted octanol–water partition coefficient (Wildman–Crippen LogP) is 4.72. The van der Waals surface area contributed by atoms with Crippen LogP contribution in [0.15, 0.2) is 92.8 Å². The molecule has 5 rings (SSSR count). The Balaban J connectivity index is 1.51. The first-order valence-corrected chi connectivity index (χ1v) is 15.1. The number of methoxy groups -OCH3 is 1. The molecule has 1 aromatic heterocycles. The molecule has 0 unspecified atom stereocenters. The van der Waals surface area contributed by atoms with E-state index in [1.165, 1.54) is 37.4 Å². The molecule has 7 N–H and O–H groups in total. The van der Waals surface area contributed by atoms with Crippen molar-refractivity contribution in [2.45, 2.75) is 9.79 Å². The number of rotatable bonds is 9. The zero-order chi connectivity index (χ0) is 31.6. The van der Waals surface area contributed by atoms with Crippen LogP contribution in [0, 0.1) is 0 Å². The van der Waals surface area contributed by atoms with Crippen molar-refractivity contribution in [1.82, 2.24) is 15.0 Å². The van der Waals surface area contributed by atoms with E-state index < -0.39 is 41.5 Å². The number of nitrogens with zero attached hydrogens (tertiary/aromatic N) is 5. The maximum absolute atomic E-state index is 12.3. The number of hydrogen-bond acceptors (Lipinski definition) is 14. The zero-order valence-electron chi connectivity index (χ0n) is 22.4. The Hall–Kier alpha value is -5.43. The molecular weight excluding hydrogens is 616 g/mol. The molecule has 0 spiro atoms. The number of phenolic OH excluding ortho intramolecular Hbond substituents is 1. The van der Waals surface area contributed by atoms with Crippen molar-refractivity contribution < 1.29 is 35.8 Å². The highest BCUT2D eigenvalue weighted by Gasteiger charge is 2.23. The first kappa shape index (κ1) is 30.0. The average molecular weight is 639 g/mol. The molecule has 0 aliphatic carbocycles. The summed E-state index contributed by atoms with van der Waals surface area (Å²) in [4.78, 5) is 11.0. The van der Waals surface area contributed by atoms with Crippen LogP contribution in [0.2, 0.25) is 0 Å². The monoisotopic (exact) mass is 638 g/mol. The number of phenols is 1. The molecule has 0 fully saturated rings. The van der Waals surface area contributed by atoms with Crippen LogP contribution in [0.1, 0.15) is 0 Å². The quantitative estimate of drug-likeness (QED) is 0.0944. The highest BCUT2D eigenvalue weighted by Crippen LogP contribution is 2.42. The van der Waals surface area contributed by atoms with Crippen LogP contribution in [-0.4, -0.2) is 53.1 Å². The van der Waals surface area contributed by atoms with Crippen LogP contribution in [0.5, 0.6) is 11.5 Å². The second kappa shape index (κ2) is 11.7. The lowest BCUT2D eigenvalue weighted by Gasteiger charge is -2.12. The standard InChI is InChI=1S/C26H22N8O8S2/c1-42-19-10-8-17(13-20(19)43(36,37)38)33-34-22-21(44(39,40)41)12-14-11-16(7-9-18(14)23(22)35)29-26-31-24(27)30-25(32-26)28-15-5-3-2-4-6-15/h2-13,35H,1H3,(H,36,37,38)(H,39,40,41)(H4,27,28,29,30,31,32). The second-order valence-electron chi connectivity index (χ2n) is 8.95. The fraction of sp³-hybridized carbons (Fsp3) is 0.0385. The van der Waals surface area contributed by atoms with Gasteiger partial charge in [0.05, 0.1) is 12.8 Å². The molecule has 0 amide bonds. The number of fused-ring (bicyclic) bond motifs is 1. The van der Waals surface area contributed by atoms with E-state index in [9.17, 15) is 31.0 Å². The van der Waals surface area contributed by atoms with Gasteiger partial charge in [0.25, 0.3) is 20.2 Å². The average Bonchev–Trinajstić information content (AvgIpc) is 2.95. The van der Waals surface area contributed by atoms with E-state index in [1.54, 1.807) is 12.1 Å². The predicted molar refractivity (Wildman–Crippen MR) is 160 cm³/mol. The summed E-state index contributed by atoms with van der Waals surface area (Å²) in [5.41, 5.74) is 6.15. The van der Waals surface area contributed by atoms with Crippen molar-refractivity contribution in [2.24, 2.45) is 10.2 Å². The molecule has 16 nitrogen and oxygen atoms in total. The van der Waals surface area contributed by atoms with Gasteiger partial charge in [-0.3, -0.25) is 9.11 Å². The summed E-state index contributed by atoms with van der Waals surface area (Å²) in [6.07, 6.45) is 0. The smallest absolute Gasteiger partial charge is 0.298 e. The normalized spacial score (nSPS) is 12.0. The Kier molecular flexibility index (Phi) is 7.98. The van der Waals surface area contributed by atoms with Crippen molar-refractivity contribution in [3.8, 4) is 11.5 Å². The van der Waals surface area contributed by atoms with Gasteiger partial charge in [0.2, 0.25) is 17.8 Å².